The summed E-state index contributed by atoms with van der Waals surface area (Å²) in [5.74, 6) is -0.959. The molecule has 0 radical (unpaired) electrons. The summed E-state index contributed by atoms with van der Waals surface area (Å²) in [4.78, 5) is 37.6. The third-order valence-corrected chi connectivity index (χ3v) is 4.36. The number of imide groups is 1. The van der Waals surface area contributed by atoms with Gasteiger partial charge in [0.2, 0.25) is 11.8 Å². The van der Waals surface area contributed by atoms with Crippen molar-refractivity contribution in [3.8, 4) is 0 Å². The number of hydrogen-bond acceptors (Lipinski definition) is 4. The molecule has 2 aliphatic rings. The summed E-state index contributed by atoms with van der Waals surface area (Å²) in [5, 5.41) is 9.30. The van der Waals surface area contributed by atoms with E-state index >= 15 is 0 Å². The highest BCUT2D eigenvalue weighted by Crippen LogP contribution is 2.34. The fraction of sp³-hybridized carbons (Fsp3) is 0.769. The number of likely N-dealkylation sites (tertiary alicyclic amines) is 2. The van der Waals surface area contributed by atoms with Crippen LogP contribution in [0.4, 0.5) is 0 Å². The van der Waals surface area contributed by atoms with E-state index in [2.05, 4.69) is 0 Å². The van der Waals surface area contributed by atoms with Gasteiger partial charge in [-0.1, -0.05) is 6.92 Å². The van der Waals surface area contributed by atoms with E-state index in [0.29, 0.717) is 45.3 Å². The number of carboxylic acids is 1. The van der Waals surface area contributed by atoms with Crippen molar-refractivity contribution >= 4 is 17.8 Å². The van der Waals surface area contributed by atoms with Gasteiger partial charge in [0.1, 0.15) is 0 Å². The van der Waals surface area contributed by atoms with Crippen LogP contribution in [0.5, 0.6) is 0 Å². The Labute approximate surface area is 112 Å². The fourth-order valence-electron chi connectivity index (χ4n) is 2.88. The number of rotatable bonds is 5. The van der Waals surface area contributed by atoms with Crippen LogP contribution in [0, 0.1) is 5.41 Å². The van der Waals surface area contributed by atoms with Gasteiger partial charge >= 0.3 is 5.97 Å². The Balaban J connectivity index is 1.87. The molecule has 1 unspecified atom stereocenters. The average Bonchev–Trinajstić information content (AvgIpc) is 2.93. The molecule has 6 nitrogen and oxygen atoms in total. The molecule has 19 heavy (non-hydrogen) atoms. The standard InChI is InChI=1S/C13H20N2O4/c1-2-13(12(18)19)5-6-14(9-13)7-8-15-10(16)3-4-11(15)17/h2-9H2,1H3,(H,18,19). The monoisotopic (exact) mass is 268 g/mol. The fourth-order valence-corrected chi connectivity index (χ4v) is 2.88. The molecule has 2 fully saturated rings. The number of aliphatic carboxylic acids is 1. The predicted octanol–water partition coefficient (Wildman–Crippen LogP) is 0.322. The molecule has 0 aromatic rings. The molecule has 0 aromatic carbocycles. The average molecular weight is 268 g/mol. The highest BCUT2D eigenvalue weighted by atomic mass is 16.4. The first-order valence-corrected chi connectivity index (χ1v) is 6.77. The quantitative estimate of drug-likeness (QED) is 0.727. The van der Waals surface area contributed by atoms with Gasteiger partial charge in [0.25, 0.3) is 0 Å². The van der Waals surface area contributed by atoms with Crippen molar-refractivity contribution < 1.29 is 19.5 Å². The van der Waals surface area contributed by atoms with E-state index in [0.717, 1.165) is 6.54 Å². The van der Waals surface area contributed by atoms with E-state index in [1.165, 1.54) is 4.90 Å². The van der Waals surface area contributed by atoms with Crippen LogP contribution in [0.3, 0.4) is 0 Å². The zero-order valence-electron chi connectivity index (χ0n) is 11.2. The van der Waals surface area contributed by atoms with Gasteiger partial charge < -0.3 is 10.0 Å². The Morgan fingerprint density at radius 2 is 1.89 bits per heavy atom. The minimum Gasteiger partial charge on any atom is -0.481 e. The number of carbonyl (C=O) groups excluding carboxylic acids is 2. The molecule has 106 valence electrons. The lowest BCUT2D eigenvalue weighted by Crippen LogP contribution is -2.39. The Morgan fingerprint density at radius 1 is 1.26 bits per heavy atom. The molecular formula is C13H20N2O4. The molecule has 1 N–H and O–H groups in total. The van der Waals surface area contributed by atoms with E-state index in [1.54, 1.807) is 0 Å². The summed E-state index contributed by atoms with van der Waals surface area (Å²) >= 11 is 0. The zero-order valence-corrected chi connectivity index (χ0v) is 11.2. The molecule has 0 bridgehead atoms. The van der Waals surface area contributed by atoms with Crippen molar-refractivity contribution in [1.29, 1.82) is 0 Å². The lowest BCUT2D eigenvalue weighted by atomic mass is 9.84. The van der Waals surface area contributed by atoms with E-state index in [-0.39, 0.29) is 11.8 Å². The van der Waals surface area contributed by atoms with Gasteiger partial charge in [-0.2, -0.15) is 0 Å². The molecule has 2 saturated heterocycles. The molecule has 1 atom stereocenters. The van der Waals surface area contributed by atoms with Crippen LogP contribution in [-0.2, 0) is 14.4 Å². The second kappa shape index (κ2) is 5.28. The summed E-state index contributed by atoms with van der Waals surface area (Å²) in [5.41, 5.74) is -0.654. The Kier molecular flexibility index (Phi) is 3.89. The normalized spacial score (nSPS) is 28.4. The van der Waals surface area contributed by atoms with E-state index in [9.17, 15) is 19.5 Å². The zero-order chi connectivity index (χ0) is 14.0. The maximum absolute atomic E-state index is 11.5. The number of carbonyl (C=O) groups is 3. The van der Waals surface area contributed by atoms with Gasteiger partial charge in [0.15, 0.2) is 0 Å². The second-order valence-electron chi connectivity index (χ2n) is 5.40. The van der Waals surface area contributed by atoms with E-state index in [1.807, 2.05) is 11.8 Å². The van der Waals surface area contributed by atoms with Crippen LogP contribution < -0.4 is 0 Å². The van der Waals surface area contributed by atoms with Crippen molar-refractivity contribution in [1.82, 2.24) is 9.80 Å². The molecule has 2 heterocycles. The van der Waals surface area contributed by atoms with E-state index in [4.69, 9.17) is 0 Å². The van der Waals surface area contributed by atoms with Crippen LogP contribution in [0.2, 0.25) is 0 Å². The summed E-state index contributed by atoms with van der Waals surface area (Å²) in [6.45, 7) is 4.08. The highest BCUT2D eigenvalue weighted by Gasteiger charge is 2.43. The third kappa shape index (κ3) is 2.63. The minimum absolute atomic E-state index is 0.107. The lowest BCUT2D eigenvalue weighted by molar-refractivity contribution is -0.148. The Hall–Kier alpha value is -1.43. The smallest absolute Gasteiger partial charge is 0.310 e. The molecule has 2 amide bonds. The molecular weight excluding hydrogens is 248 g/mol. The Morgan fingerprint density at radius 3 is 2.37 bits per heavy atom. The van der Waals surface area contributed by atoms with Crippen molar-refractivity contribution in [2.45, 2.75) is 32.6 Å². The van der Waals surface area contributed by atoms with Crippen LogP contribution in [0.15, 0.2) is 0 Å². The number of carboxylic acid groups (broad SMARTS) is 1. The number of amides is 2. The van der Waals surface area contributed by atoms with Crippen LogP contribution in [-0.4, -0.2) is 58.9 Å². The van der Waals surface area contributed by atoms with Crippen molar-refractivity contribution in [3.63, 3.8) is 0 Å². The summed E-state index contributed by atoms with van der Waals surface area (Å²) < 4.78 is 0. The number of hydrogen-bond donors (Lipinski definition) is 1. The summed E-state index contributed by atoms with van der Waals surface area (Å²) in [7, 11) is 0. The largest absolute Gasteiger partial charge is 0.481 e. The minimum atomic E-state index is -0.745. The third-order valence-electron chi connectivity index (χ3n) is 4.36. The van der Waals surface area contributed by atoms with Crippen molar-refractivity contribution in [3.05, 3.63) is 0 Å². The van der Waals surface area contributed by atoms with Crippen molar-refractivity contribution in [2.24, 2.45) is 5.41 Å². The van der Waals surface area contributed by atoms with Crippen LogP contribution in [0.25, 0.3) is 0 Å². The SMILES string of the molecule is CCC1(C(=O)O)CCN(CCN2C(=O)CCC2=O)C1. The van der Waals surface area contributed by atoms with Crippen LogP contribution >= 0.6 is 0 Å². The summed E-state index contributed by atoms with van der Waals surface area (Å²) in [6.07, 6.45) is 1.88. The van der Waals surface area contributed by atoms with Gasteiger partial charge in [-0.15, -0.1) is 0 Å². The van der Waals surface area contributed by atoms with Gasteiger partial charge in [0.05, 0.1) is 5.41 Å². The predicted molar refractivity (Wildman–Crippen MR) is 67.4 cm³/mol. The topological polar surface area (TPSA) is 77.9 Å². The summed E-state index contributed by atoms with van der Waals surface area (Å²) in [6, 6.07) is 0. The first kappa shape index (κ1) is 14.0. The van der Waals surface area contributed by atoms with Gasteiger partial charge in [-0.05, 0) is 19.4 Å². The molecule has 0 saturated carbocycles. The molecule has 0 aromatic heterocycles. The second-order valence-corrected chi connectivity index (χ2v) is 5.40. The van der Waals surface area contributed by atoms with E-state index < -0.39 is 11.4 Å². The van der Waals surface area contributed by atoms with Crippen molar-refractivity contribution in [2.75, 3.05) is 26.2 Å². The van der Waals surface area contributed by atoms with Crippen LogP contribution in [0.1, 0.15) is 32.6 Å². The van der Waals surface area contributed by atoms with Gasteiger partial charge in [-0.25, -0.2) is 0 Å². The molecule has 6 heteroatoms. The van der Waals surface area contributed by atoms with Gasteiger partial charge in [0, 0.05) is 32.5 Å². The van der Waals surface area contributed by atoms with Gasteiger partial charge in [-0.3, -0.25) is 19.3 Å². The lowest BCUT2D eigenvalue weighted by Gasteiger charge is -2.24. The maximum atomic E-state index is 11.5. The highest BCUT2D eigenvalue weighted by molar-refractivity contribution is 6.01. The Bertz CT molecular complexity index is 393. The molecule has 0 spiro atoms. The molecule has 2 rings (SSSR count). The maximum Gasteiger partial charge on any atom is 0.310 e. The number of nitrogens with zero attached hydrogens (tertiary/aromatic N) is 2. The first-order valence-electron chi connectivity index (χ1n) is 6.77. The molecule has 2 aliphatic heterocycles. The molecule has 0 aliphatic carbocycles. The first-order chi connectivity index (χ1) is 8.98.